The van der Waals surface area contributed by atoms with E-state index in [9.17, 15) is 9.59 Å². The summed E-state index contributed by atoms with van der Waals surface area (Å²) >= 11 is 0. The number of carbonyl (C=O) groups is 2. The Kier molecular flexibility index (Phi) is 5.07. The Morgan fingerprint density at radius 3 is 2.67 bits per heavy atom. The third-order valence-electron chi connectivity index (χ3n) is 1.17. The van der Waals surface area contributed by atoms with Crippen LogP contribution in [0.15, 0.2) is 0 Å². The molecule has 0 aliphatic heterocycles. The first-order chi connectivity index (χ1) is 4.31. The van der Waals surface area contributed by atoms with Gasteiger partial charge >= 0.3 is 0 Å². The molecule has 52 valence electrons. The van der Waals surface area contributed by atoms with Gasteiger partial charge in [0.2, 0.25) is 0 Å². The highest BCUT2D eigenvalue weighted by Gasteiger charge is 1.95. The lowest BCUT2D eigenvalue weighted by atomic mass is 10.1. The summed E-state index contributed by atoms with van der Waals surface area (Å²) in [5.41, 5.74) is 0. The van der Waals surface area contributed by atoms with Crippen molar-refractivity contribution < 1.29 is 9.59 Å². The van der Waals surface area contributed by atoms with Gasteiger partial charge in [0.1, 0.15) is 12.1 Å². The molecule has 0 atom stereocenters. The van der Waals surface area contributed by atoms with Crippen LogP contribution in [0.5, 0.6) is 0 Å². The highest BCUT2D eigenvalue weighted by atomic mass is 16.1. The molecule has 0 spiro atoms. The summed E-state index contributed by atoms with van der Waals surface area (Å²) in [6.45, 7) is 1.84. The van der Waals surface area contributed by atoms with Gasteiger partial charge in [0.05, 0.1) is 0 Å². The molecule has 0 rings (SSSR count). The van der Waals surface area contributed by atoms with E-state index in [1.165, 1.54) is 0 Å². The van der Waals surface area contributed by atoms with Gasteiger partial charge in [-0.05, 0) is 6.42 Å². The number of rotatable bonds is 5. The molecule has 0 radical (unpaired) electrons. The van der Waals surface area contributed by atoms with E-state index in [2.05, 4.69) is 0 Å². The van der Waals surface area contributed by atoms with Gasteiger partial charge in [-0.2, -0.15) is 0 Å². The topological polar surface area (TPSA) is 34.1 Å². The highest BCUT2D eigenvalue weighted by Crippen LogP contribution is 1.95. The second-order valence-electron chi connectivity index (χ2n) is 1.95. The molecule has 0 saturated heterocycles. The second kappa shape index (κ2) is 5.48. The van der Waals surface area contributed by atoms with Crippen LogP contribution >= 0.6 is 0 Å². The summed E-state index contributed by atoms with van der Waals surface area (Å²) in [7, 11) is 0. The number of Topliss-reactive ketones (excluding diaryl/α,β-unsaturated/α-hetero) is 1. The molecule has 0 N–H and O–H groups in total. The maximum atomic E-state index is 10.6. The summed E-state index contributed by atoms with van der Waals surface area (Å²) < 4.78 is 0. The summed E-state index contributed by atoms with van der Waals surface area (Å²) in [6, 6.07) is 0. The zero-order chi connectivity index (χ0) is 7.11. The molecule has 0 aromatic carbocycles. The Morgan fingerprint density at radius 1 is 1.56 bits per heavy atom. The van der Waals surface area contributed by atoms with Gasteiger partial charge in [0.15, 0.2) is 0 Å². The first-order valence-electron chi connectivity index (χ1n) is 3.26. The van der Waals surface area contributed by atoms with Crippen LogP contribution < -0.4 is 0 Å². The molecule has 0 saturated carbocycles. The zero-order valence-electron chi connectivity index (χ0n) is 5.72. The van der Waals surface area contributed by atoms with Crippen LogP contribution in [0.2, 0.25) is 0 Å². The Morgan fingerprint density at radius 2 is 2.22 bits per heavy atom. The maximum absolute atomic E-state index is 10.6. The molecule has 2 heteroatoms. The monoisotopic (exact) mass is 128 g/mol. The van der Waals surface area contributed by atoms with Crippen LogP contribution in [0.25, 0.3) is 0 Å². The predicted octanol–water partition coefficient (Wildman–Crippen LogP) is 1.33. The molecule has 0 aromatic heterocycles. The quantitative estimate of drug-likeness (QED) is 0.413. The minimum absolute atomic E-state index is 0.247. The van der Waals surface area contributed by atoms with Gasteiger partial charge in [-0.3, -0.25) is 4.79 Å². The van der Waals surface area contributed by atoms with E-state index in [4.69, 9.17) is 0 Å². The fraction of sp³-hybridized carbons (Fsp3) is 0.714. The van der Waals surface area contributed by atoms with E-state index in [-0.39, 0.29) is 5.78 Å². The SMILES string of the molecule is CCC(=O)CCCC=O. The van der Waals surface area contributed by atoms with Crippen molar-refractivity contribution in [3.05, 3.63) is 0 Å². The molecule has 9 heavy (non-hydrogen) atoms. The number of aldehydes is 1. The van der Waals surface area contributed by atoms with Crippen molar-refractivity contribution in [2.24, 2.45) is 0 Å². The van der Waals surface area contributed by atoms with Crippen LogP contribution in [0, 0.1) is 0 Å². The Bertz CT molecular complexity index is 97.1. The lowest BCUT2D eigenvalue weighted by Gasteiger charge is -1.90. The van der Waals surface area contributed by atoms with Crippen LogP contribution in [0.3, 0.4) is 0 Å². The number of hydrogen-bond donors (Lipinski definition) is 0. The Labute approximate surface area is 55.3 Å². The van der Waals surface area contributed by atoms with E-state index in [1.807, 2.05) is 6.92 Å². The summed E-state index contributed by atoms with van der Waals surface area (Å²) in [5.74, 6) is 0.247. The number of carbonyl (C=O) groups excluding carboxylic acids is 2. The largest absolute Gasteiger partial charge is 0.303 e. The number of hydrogen-bond acceptors (Lipinski definition) is 2. The first kappa shape index (κ1) is 8.34. The normalized spacial score (nSPS) is 9.00. The lowest BCUT2D eigenvalue weighted by molar-refractivity contribution is -0.118. The molecule has 0 fully saturated rings. The minimum Gasteiger partial charge on any atom is -0.303 e. The van der Waals surface area contributed by atoms with E-state index in [0.29, 0.717) is 19.3 Å². The fourth-order valence-electron chi connectivity index (χ4n) is 0.559. The van der Waals surface area contributed by atoms with Crippen LogP contribution in [-0.4, -0.2) is 12.1 Å². The smallest absolute Gasteiger partial charge is 0.132 e. The van der Waals surface area contributed by atoms with Gasteiger partial charge < -0.3 is 4.79 Å². The third kappa shape index (κ3) is 5.21. The predicted molar refractivity (Wildman–Crippen MR) is 35.2 cm³/mol. The van der Waals surface area contributed by atoms with Crippen molar-refractivity contribution in [2.45, 2.75) is 32.6 Å². The Balaban J connectivity index is 3.06. The molecule has 0 aromatic rings. The minimum atomic E-state index is 0.247. The third-order valence-corrected chi connectivity index (χ3v) is 1.17. The van der Waals surface area contributed by atoms with E-state index in [1.54, 1.807) is 0 Å². The summed E-state index contributed by atoms with van der Waals surface area (Å²) in [6.07, 6.45) is 3.25. The van der Waals surface area contributed by atoms with Crippen LogP contribution in [0.1, 0.15) is 32.6 Å². The van der Waals surface area contributed by atoms with E-state index < -0.39 is 0 Å². The van der Waals surface area contributed by atoms with Crippen molar-refractivity contribution in [2.75, 3.05) is 0 Å². The van der Waals surface area contributed by atoms with E-state index in [0.717, 1.165) is 12.7 Å². The van der Waals surface area contributed by atoms with Crippen molar-refractivity contribution in [3.63, 3.8) is 0 Å². The highest BCUT2D eigenvalue weighted by molar-refractivity contribution is 5.78. The molecule has 0 amide bonds. The van der Waals surface area contributed by atoms with Crippen molar-refractivity contribution in [1.82, 2.24) is 0 Å². The van der Waals surface area contributed by atoms with Crippen molar-refractivity contribution in [1.29, 1.82) is 0 Å². The lowest BCUT2D eigenvalue weighted by Crippen LogP contribution is -1.93. The molecule has 2 nitrogen and oxygen atoms in total. The number of ketones is 1. The first-order valence-corrected chi connectivity index (χ1v) is 3.26. The molecule has 0 aliphatic carbocycles. The fourth-order valence-corrected chi connectivity index (χ4v) is 0.559. The van der Waals surface area contributed by atoms with E-state index >= 15 is 0 Å². The van der Waals surface area contributed by atoms with Gasteiger partial charge in [0.25, 0.3) is 0 Å². The summed E-state index contributed by atoms with van der Waals surface area (Å²) in [5, 5.41) is 0. The molecule has 0 bridgehead atoms. The molecule has 0 unspecified atom stereocenters. The molecular formula is C7H12O2. The van der Waals surface area contributed by atoms with Gasteiger partial charge in [-0.15, -0.1) is 0 Å². The molecular weight excluding hydrogens is 116 g/mol. The second-order valence-corrected chi connectivity index (χ2v) is 1.95. The van der Waals surface area contributed by atoms with Crippen LogP contribution in [0.4, 0.5) is 0 Å². The van der Waals surface area contributed by atoms with Crippen molar-refractivity contribution >= 4 is 12.1 Å². The zero-order valence-corrected chi connectivity index (χ0v) is 5.72. The average molecular weight is 128 g/mol. The average Bonchev–Trinajstić information content (AvgIpc) is 1.89. The standard InChI is InChI=1S/C7H12O2/c1-2-7(9)5-3-4-6-8/h6H,2-5H2,1H3. The number of unbranched alkanes of at least 4 members (excludes halogenated alkanes) is 1. The van der Waals surface area contributed by atoms with Gasteiger partial charge in [-0.25, -0.2) is 0 Å². The maximum Gasteiger partial charge on any atom is 0.132 e. The molecule has 0 heterocycles. The van der Waals surface area contributed by atoms with Gasteiger partial charge in [0, 0.05) is 19.3 Å². The molecule has 0 aliphatic rings. The van der Waals surface area contributed by atoms with Crippen molar-refractivity contribution in [3.8, 4) is 0 Å². The Hall–Kier alpha value is -0.660. The van der Waals surface area contributed by atoms with Gasteiger partial charge in [-0.1, -0.05) is 6.92 Å². The summed E-state index contributed by atoms with van der Waals surface area (Å²) in [4.78, 5) is 20.3. The van der Waals surface area contributed by atoms with Crippen LogP contribution in [-0.2, 0) is 9.59 Å².